The predicted octanol–water partition coefficient (Wildman–Crippen LogP) is 15.8. The Bertz CT molecular complexity index is 1540. The molecule has 462 valence electrons. The normalized spacial score (nSPS) is 14.7. The van der Waals surface area contributed by atoms with Crippen LogP contribution < -0.4 is 0 Å². The second-order valence-corrected chi connectivity index (χ2v) is 24.5. The molecule has 78 heavy (non-hydrogen) atoms. The first-order valence-electron chi connectivity index (χ1n) is 31.2. The third-order valence-electron chi connectivity index (χ3n) is 13.9. The minimum atomic E-state index is -4.94. The standard InChI is InChI=1S/C59H114O17P2/c1-6-10-13-16-18-20-25-28-33-38-43-57(62)70-49-55(76-59(64)45-40-35-30-26-22-21-24-27-32-36-41-52(5)9-4)51-74-78(67,68)72-47-53(60)46-71-77(65,66)73-50-54(48-69-56(61)42-37-31-15-12-8-3)75-58(63)44-39-34-29-23-19-17-14-11-7-2/h52-55,60H,6-51H2,1-5H3,(H,65,66)(H,67,68)/t52?,53-,54+,55+/m0/s1. The predicted molar refractivity (Wildman–Crippen MR) is 308 cm³/mol. The molecule has 19 heteroatoms. The Balaban J connectivity index is 5.18. The highest BCUT2D eigenvalue weighted by atomic mass is 31.2. The van der Waals surface area contributed by atoms with Crippen molar-refractivity contribution in [3.63, 3.8) is 0 Å². The third-order valence-corrected chi connectivity index (χ3v) is 15.8. The Labute approximate surface area is 473 Å². The zero-order valence-electron chi connectivity index (χ0n) is 49.8. The van der Waals surface area contributed by atoms with E-state index in [-0.39, 0.29) is 25.7 Å². The van der Waals surface area contributed by atoms with Gasteiger partial charge in [-0.15, -0.1) is 0 Å². The van der Waals surface area contributed by atoms with Gasteiger partial charge in [-0.05, 0) is 31.6 Å². The van der Waals surface area contributed by atoms with Crippen LogP contribution in [0.1, 0.15) is 291 Å². The molecule has 0 heterocycles. The van der Waals surface area contributed by atoms with Crippen LogP contribution in [-0.4, -0.2) is 96.7 Å². The lowest BCUT2D eigenvalue weighted by Crippen LogP contribution is -2.30. The van der Waals surface area contributed by atoms with Crippen molar-refractivity contribution in [1.82, 2.24) is 0 Å². The molecule has 0 saturated heterocycles. The van der Waals surface area contributed by atoms with Crippen LogP contribution in [0.2, 0.25) is 0 Å². The number of unbranched alkanes of at least 4 members (excludes halogenated alkanes) is 30. The van der Waals surface area contributed by atoms with Crippen molar-refractivity contribution in [2.75, 3.05) is 39.6 Å². The molecule has 6 atom stereocenters. The summed E-state index contributed by atoms with van der Waals surface area (Å²) in [7, 11) is -9.86. The van der Waals surface area contributed by atoms with Crippen LogP contribution in [-0.2, 0) is 65.4 Å². The molecule has 0 bridgehead atoms. The molecule has 0 amide bonds. The van der Waals surface area contributed by atoms with Crippen molar-refractivity contribution in [2.45, 2.75) is 310 Å². The maximum Gasteiger partial charge on any atom is 0.472 e. The van der Waals surface area contributed by atoms with Gasteiger partial charge < -0.3 is 33.8 Å². The van der Waals surface area contributed by atoms with Gasteiger partial charge in [0.1, 0.15) is 19.3 Å². The largest absolute Gasteiger partial charge is 0.472 e. The zero-order chi connectivity index (χ0) is 57.8. The molecule has 0 aromatic rings. The highest BCUT2D eigenvalue weighted by Crippen LogP contribution is 2.45. The van der Waals surface area contributed by atoms with Crippen LogP contribution in [0.15, 0.2) is 0 Å². The fourth-order valence-corrected chi connectivity index (χ4v) is 10.2. The molecule has 0 rings (SSSR count). The van der Waals surface area contributed by atoms with Crippen LogP contribution in [0.3, 0.4) is 0 Å². The average molecular weight is 1160 g/mol. The van der Waals surface area contributed by atoms with E-state index in [0.29, 0.717) is 25.7 Å². The van der Waals surface area contributed by atoms with Gasteiger partial charge in [-0.25, -0.2) is 9.13 Å². The summed E-state index contributed by atoms with van der Waals surface area (Å²) in [5.41, 5.74) is 0. The molecule has 0 spiro atoms. The first-order valence-corrected chi connectivity index (χ1v) is 34.2. The van der Waals surface area contributed by atoms with Gasteiger partial charge in [0, 0.05) is 25.7 Å². The molecule has 0 aliphatic carbocycles. The van der Waals surface area contributed by atoms with Gasteiger partial charge in [0.25, 0.3) is 0 Å². The van der Waals surface area contributed by atoms with Crippen molar-refractivity contribution in [3.8, 4) is 0 Å². The second kappa shape index (κ2) is 53.1. The molecule has 0 aromatic carbocycles. The first kappa shape index (κ1) is 76.1. The fourth-order valence-electron chi connectivity index (χ4n) is 8.67. The molecule has 0 aliphatic heterocycles. The third kappa shape index (κ3) is 52.2. The summed E-state index contributed by atoms with van der Waals surface area (Å²) >= 11 is 0. The van der Waals surface area contributed by atoms with E-state index in [0.717, 1.165) is 102 Å². The number of phosphoric ester groups is 2. The number of esters is 4. The van der Waals surface area contributed by atoms with Gasteiger partial charge in [-0.2, -0.15) is 0 Å². The van der Waals surface area contributed by atoms with Crippen LogP contribution in [0.4, 0.5) is 0 Å². The summed E-state index contributed by atoms with van der Waals surface area (Å²) in [4.78, 5) is 71.7. The van der Waals surface area contributed by atoms with E-state index < -0.39 is 97.5 Å². The van der Waals surface area contributed by atoms with Gasteiger partial charge in [0.05, 0.1) is 26.4 Å². The average Bonchev–Trinajstić information content (AvgIpc) is 3.41. The summed E-state index contributed by atoms with van der Waals surface area (Å²) in [6.45, 7) is 7.07. The highest BCUT2D eigenvalue weighted by molar-refractivity contribution is 7.47. The molecular weight excluding hydrogens is 1040 g/mol. The maximum atomic E-state index is 12.9. The Kier molecular flexibility index (Phi) is 51.8. The summed E-state index contributed by atoms with van der Waals surface area (Å²) in [6, 6.07) is 0. The minimum absolute atomic E-state index is 0.105. The van der Waals surface area contributed by atoms with Crippen molar-refractivity contribution in [2.24, 2.45) is 5.92 Å². The van der Waals surface area contributed by atoms with Crippen LogP contribution in [0, 0.1) is 5.92 Å². The van der Waals surface area contributed by atoms with E-state index in [4.69, 9.17) is 37.0 Å². The van der Waals surface area contributed by atoms with E-state index in [2.05, 4.69) is 34.6 Å². The number of aliphatic hydroxyl groups is 1. The lowest BCUT2D eigenvalue weighted by atomic mass is 9.99. The number of phosphoric acid groups is 2. The molecule has 17 nitrogen and oxygen atoms in total. The Morgan fingerprint density at radius 3 is 0.910 bits per heavy atom. The molecule has 3 N–H and O–H groups in total. The van der Waals surface area contributed by atoms with Gasteiger partial charge in [0.15, 0.2) is 12.2 Å². The summed E-state index contributed by atoms with van der Waals surface area (Å²) in [5.74, 6) is -1.35. The number of carbonyl (C=O) groups is 4. The number of aliphatic hydroxyl groups excluding tert-OH is 1. The molecule has 0 saturated carbocycles. The van der Waals surface area contributed by atoms with E-state index in [9.17, 15) is 43.2 Å². The van der Waals surface area contributed by atoms with Gasteiger partial charge >= 0.3 is 39.5 Å². The first-order chi connectivity index (χ1) is 37.6. The number of rotatable bonds is 59. The van der Waals surface area contributed by atoms with Crippen molar-refractivity contribution < 1.29 is 80.2 Å². The molecule has 0 aromatic heterocycles. The minimum Gasteiger partial charge on any atom is -0.462 e. The lowest BCUT2D eigenvalue weighted by Gasteiger charge is -2.21. The topological polar surface area (TPSA) is 237 Å². The van der Waals surface area contributed by atoms with Crippen LogP contribution in [0.5, 0.6) is 0 Å². The zero-order valence-corrected chi connectivity index (χ0v) is 51.6. The van der Waals surface area contributed by atoms with Gasteiger partial charge in [-0.3, -0.25) is 37.3 Å². The quantitative estimate of drug-likeness (QED) is 0.0222. The Hall–Kier alpha value is -1.94. The van der Waals surface area contributed by atoms with Gasteiger partial charge in [0.2, 0.25) is 0 Å². The van der Waals surface area contributed by atoms with E-state index in [1.54, 1.807) is 0 Å². The van der Waals surface area contributed by atoms with E-state index in [1.807, 2.05) is 0 Å². The maximum absolute atomic E-state index is 12.9. The summed E-state index contributed by atoms with van der Waals surface area (Å²) < 4.78 is 67.6. The fraction of sp³-hybridized carbons (Fsp3) is 0.932. The number of ether oxygens (including phenoxy) is 4. The highest BCUT2D eigenvalue weighted by Gasteiger charge is 2.30. The molecule has 0 radical (unpaired) electrons. The van der Waals surface area contributed by atoms with Crippen molar-refractivity contribution in [1.29, 1.82) is 0 Å². The molecule has 0 aliphatic rings. The number of hydrogen-bond acceptors (Lipinski definition) is 15. The monoisotopic (exact) mass is 1160 g/mol. The number of carbonyl (C=O) groups excluding carboxylic acids is 4. The van der Waals surface area contributed by atoms with E-state index in [1.165, 1.54) is 109 Å². The summed E-state index contributed by atoms with van der Waals surface area (Å²) in [6.07, 6.45) is 35.1. The van der Waals surface area contributed by atoms with E-state index >= 15 is 0 Å². The van der Waals surface area contributed by atoms with Crippen LogP contribution >= 0.6 is 15.6 Å². The smallest absolute Gasteiger partial charge is 0.462 e. The summed E-state index contributed by atoms with van der Waals surface area (Å²) in [5, 5.41) is 10.5. The van der Waals surface area contributed by atoms with Crippen LogP contribution in [0.25, 0.3) is 0 Å². The Morgan fingerprint density at radius 1 is 0.359 bits per heavy atom. The second-order valence-electron chi connectivity index (χ2n) is 21.6. The SMILES string of the molecule is CCCCCCCCCCCCC(=O)OC[C@H](COP(=O)(O)OC[C@@H](O)COP(=O)(O)OC[C@@H](COC(=O)CCCCCCC)OC(=O)CCCCCCCCCCC)OC(=O)CCCCCCCCCCCCC(C)CC. The molecule has 0 fully saturated rings. The van der Waals surface area contributed by atoms with Gasteiger partial charge in [-0.1, -0.05) is 240 Å². The number of hydrogen-bond donors (Lipinski definition) is 3. The van der Waals surface area contributed by atoms with Crippen molar-refractivity contribution in [3.05, 3.63) is 0 Å². The molecular formula is C59H114O17P2. The lowest BCUT2D eigenvalue weighted by molar-refractivity contribution is -0.161. The Morgan fingerprint density at radius 2 is 0.615 bits per heavy atom. The van der Waals surface area contributed by atoms with Crippen molar-refractivity contribution >= 4 is 39.5 Å². The molecule has 3 unspecified atom stereocenters.